The molecule has 1 saturated carbocycles. The fourth-order valence-electron chi connectivity index (χ4n) is 4.06. The molecule has 0 amide bonds. The van der Waals surface area contributed by atoms with Gasteiger partial charge in [0, 0.05) is 32.0 Å². The maximum atomic E-state index is 13.9. The second-order valence-corrected chi connectivity index (χ2v) is 7.80. The number of fused-ring (bicyclic) bond motifs is 1. The Bertz CT molecular complexity index is 854. The highest BCUT2D eigenvalue weighted by molar-refractivity contribution is 5.84. The molecule has 2 N–H and O–H groups in total. The highest BCUT2D eigenvalue weighted by Crippen LogP contribution is 2.47. The van der Waals surface area contributed by atoms with E-state index in [4.69, 9.17) is 20.2 Å². The first-order chi connectivity index (χ1) is 12.9. The Morgan fingerprint density at radius 3 is 2.70 bits per heavy atom. The van der Waals surface area contributed by atoms with Crippen LogP contribution in [0.3, 0.4) is 0 Å². The van der Waals surface area contributed by atoms with Crippen LogP contribution < -0.4 is 5.73 Å². The summed E-state index contributed by atoms with van der Waals surface area (Å²) in [5, 5.41) is 4.40. The van der Waals surface area contributed by atoms with Crippen molar-refractivity contribution in [3.8, 4) is 0 Å². The molecule has 2 aromatic rings. The van der Waals surface area contributed by atoms with E-state index in [1.54, 1.807) is 24.4 Å². The molecule has 0 atom stereocenters. The van der Waals surface area contributed by atoms with Crippen molar-refractivity contribution in [2.24, 2.45) is 0 Å². The lowest BCUT2D eigenvalue weighted by Crippen LogP contribution is -2.51. The Hall–Kier alpha value is -2.22. The van der Waals surface area contributed by atoms with Gasteiger partial charge in [0.05, 0.1) is 17.3 Å². The average molecular weight is 376 g/mol. The first kappa shape index (κ1) is 18.2. The van der Waals surface area contributed by atoms with Crippen molar-refractivity contribution in [2.45, 2.75) is 63.1 Å². The summed E-state index contributed by atoms with van der Waals surface area (Å²) in [5.41, 5.74) is 6.47. The number of nitrogen functional groups attached to an aromatic ring is 1. The monoisotopic (exact) mass is 376 g/mol. The highest BCUT2D eigenvalue weighted by Gasteiger charge is 2.57. The quantitative estimate of drug-likeness (QED) is 0.825. The van der Waals surface area contributed by atoms with Crippen molar-refractivity contribution in [1.82, 2.24) is 14.6 Å². The Kier molecular flexibility index (Phi) is 4.53. The number of hydrogen-bond acceptors (Lipinski definition) is 6. The summed E-state index contributed by atoms with van der Waals surface area (Å²) < 4.78 is 26.5. The summed E-state index contributed by atoms with van der Waals surface area (Å²) in [5.74, 6) is 0.530. The van der Waals surface area contributed by atoms with E-state index < -0.39 is 17.6 Å². The van der Waals surface area contributed by atoms with Gasteiger partial charge < -0.3 is 15.2 Å². The van der Waals surface area contributed by atoms with Gasteiger partial charge >= 0.3 is 5.97 Å². The number of imidazole rings is 1. The lowest BCUT2D eigenvalue weighted by Gasteiger charge is -2.40. The molecule has 8 heteroatoms. The van der Waals surface area contributed by atoms with Crippen molar-refractivity contribution in [3.05, 3.63) is 23.7 Å². The highest BCUT2D eigenvalue weighted by atomic mass is 19.1. The number of nitrogens with two attached hydrogens (primary N) is 1. The van der Waals surface area contributed by atoms with Crippen LogP contribution in [0.4, 0.5) is 10.2 Å². The topological polar surface area (TPSA) is 91.7 Å². The zero-order chi connectivity index (χ0) is 19.2. The van der Waals surface area contributed by atoms with Gasteiger partial charge in [-0.1, -0.05) is 0 Å². The predicted molar refractivity (Wildman–Crippen MR) is 97.2 cm³/mol. The molecule has 27 heavy (non-hydrogen) atoms. The van der Waals surface area contributed by atoms with Gasteiger partial charge in [-0.2, -0.15) is 0 Å². The molecule has 2 aromatic heterocycles. The van der Waals surface area contributed by atoms with Crippen molar-refractivity contribution in [3.63, 3.8) is 0 Å². The molecule has 1 aliphatic carbocycles. The SMILES string of the molecule is CC(C)OC(=O)C1(c2nc(C3CCOCC3)c3ccc(N)nn23)CC(F)C1. The van der Waals surface area contributed by atoms with Crippen LogP contribution in [0.2, 0.25) is 0 Å². The van der Waals surface area contributed by atoms with Crippen LogP contribution in [0.25, 0.3) is 5.52 Å². The zero-order valence-corrected chi connectivity index (χ0v) is 15.7. The van der Waals surface area contributed by atoms with Gasteiger partial charge in [-0.3, -0.25) is 4.79 Å². The second kappa shape index (κ2) is 6.74. The van der Waals surface area contributed by atoms with E-state index in [9.17, 15) is 9.18 Å². The number of rotatable bonds is 4. The number of aromatic nitrogens is 3. The first-order valence-corrected chi connectivity index (χ1v) is 9.49. The van der Waals surface area contributed by atoms with E-state index in [1.807, 2.05) is 6.07 Å². The molecule has 0 aromatic carbocycles. The molecule has 0 radical (unpaired) electrons. The number of alkyl halides is 1. The molecule has 3 heterocycles. The standard InChI is InChI=1S/C19H25FN4O3/c1-11(2)27-18(25)19(9-13(20)10-19)17-22-16(12-5-7-26-8-6-12)14-3-4-15(21)23-24(14)17/h3-4,11-13H,5-10H2,1-2H3,(H2,21,23). The van der Waals surface area contributed by atoms with E-state index in [0.29, 0.717) is 24.9 Å². The number of carbonyl (C=O) groups excluding carboxylic acids is 1. The van der Waals surface area contributed by atoms with Crippen LogP contribution in [0.1, 0.15) is 57.0 Å². The van der Waals surface area contributed by atoms with E-state index in [0.717, 1.165) is 24.1 Å². The fourth-order valence-corrected chi connectivity index (χ4v) is 4.06. The molecule has 146 valence electrons. The third-order valence-corrected chi connectivity index (χ3v) is 5.45. The number of nitrogens with zero attached hydrogens (tertiary/aromatic N) is 3. The van der Waals surface area contributed by atoms with Crippen LogP contribution >= 0.6 is 0 Å². The summed E-state index contributed by atoms with van der Waals surface area (Å²) in [6, 6.07) is 3.60. The minimum atomic E-state index is -1.11. The molecule has 0 bridgehead atoms. The molecule has 7 nitrogen and oxygen atoms in total. The lowest BCUT2D eigenvalue weighted by molar-refractivity contribution is -0.162. The summed E-state index contributed by atoms with van der Waals surface area (Å²) >= 11 is 0. The molecule has 0 unspecified atom stereocenters. The Labute approximate surface area is 157 Å². The second-order valence-electron chi connectivity index (χ2n) is 7.80. The molecule has 1 aliphatic heterocycles. The normalized spacial score (nSPS) is 26.3. The minimum absolute atomic E-state index is 0.0569. The zero-order valence-electron chi connectivity index (χ0n) is 15.7. The third kappa shape index (κ3) is 3.05. The average Bonchev–Trinajstić information content (AvgIpc) is 2.97. The molecular formula is C19H25FN4O3. The van der Waals surface area contributed by atoms with Crippen LogP contribution in [0, 0.1) is 0 Å². The summed E-state index contributed by atoms with van der Waals surface area (Å²) in [6.45, 7) is 4.91. The first-order valence-electron chi connectivity index (χ1n) is 9.49. The molecule has 0 spiro atoms. The number of hydrogen-bond donors (Lipinski definition) is 1. The lowest BCUT2D eigenvalue weighted by atomic mass is 9.66. The van der Waals surface area contributed by atoms with Gasteiger partial charge in [-0.25, -0.2) is 13.9 Å². The molecule has 1 saturated heterocycles. The summed E-state index contributed by atoms with van der Waals surface area (Å²) in [7, 11) is 0. The number of anilines is 1. The Balaban J connectivity index is 1.84. The number of halogens is 1. The molecule has 2 fully saturated rings. The summed E-state index contributed by atoms with van der Waals surface area (Å²) in [6.07, 6.45) is 0.483. The van der Waals surface area contributed by atoms with Gasteiger partial charge in [-0.15, -0.1) is 5.10 Å². The minimum Gasteiger partial charge on any atom is -0.462 e. The van der Waals surface area contributed by atoms with Crippen LogP contribution in [-0.4, -0.2) is 46.1 Å². The predicted octanol–water partition coefficient (Wildman–Crippen LogP) is 2.53. The van der Waals surface area contributed by atoms with E-state index in [-0.39, 0.29) is 24.9 Å². The van der Waals surface area contributed by atoms with Crippen molar-refractivity contribution in [2.75, 3.05) is 18.9 Å². The number of esters is 1. The Morgan fingerprint density at radius 1 is 1.37 bits per heavy atom. The fraction of sp³-hybridized carbons (Fsp3) is 0.632. The smallest absolute Gasteiger partial charge is 0.320 e. The number of ether oxygens (including phenoxy) is 2. The van der Waals surface area contributed by atoms with Crippen molar-refractivity contribution < 1.29 is 18.7 Å². The van der Waals surface area contributed by atoms with Gasteiger partial charge in [0.15, 0.2) is 0 Å². The Morgan fingerprint density at radius 2 is 2.07 bits per heavy atom. The van der Waals surface area contributed by atoms with Crippen LogP contribution in [-0.2, 0) is 19.7 Å². The van der Waals surface area contributed by atoms with Crippen molar-refractivity contribution in [1.29, 1.82) is 0 Å². The third-order valence-electron chi connectivity index (χ3n) is 5.45. The van der Waals surface area contributed by atoms with Gasteiger partial charge in [0.1, 0.15) is 23.2 Å². The van der Waals surface area contributed by atoms with E-state index >= 15 is 0 Å². The maximum Gasteiger partial charge on any atom is 0.320 e. The van der Waals surface area contributed by atoms with Crippen molar-refractivity contribution >= 4 is 17.3 Å². The summed E-state index contributed by atoms with van der Waals surface area (Å²) in [4.78, 5) is 17.7. The van der Waals surface area contributed by atoms with Gasteiger partial charge in [0.2, 0.25) is 0 Å². The van der Waals surface area contributed by atoms with Crippen LogP contribution in [0.15, 0.2) is 12.1 Å². The van der Waals surface area contributed by atoms with Gasteiger partial charge in [0.25, 0.3) is 0 Å². The van der Waals surface area contributed by atoms with E-state index in [1.165, 1.54) is 0 Å². The molecular weight excluding hydrogens is 351 g/mol. The van der Waals surface area contributed by atoms with Crippen LogP contribution in [0.5, 0.6) is 0 Å². The molecule has 4 rings (SSSR count). The van der Waals surface area contributed by atoms with Gasteiger partial charge in [-0.05, 0) is 38.8 Å². The maximum absolute atomic E-state index is 13.9. The number of carbonyl (C=O) groups is 1. The largest absolute Gasteiger partial charge is 0.462 e. The molecule has 2 aliphatic rings. The van der Waals surface area contributed by atoms with E-state index in [2.05, 4.69) is 5.10 Å².